The summed E-state index contributed by atoms with van der Waals surface area (Å²) in [7, 11) is -2.49. The van der Waals surface area contributed by atoms with Crippen LogP contribution < -0.4 is 10.0 Å². The summed E-state index contributed by atoms with van der Waals surface area (Å²) in [4.78, 5) is 22.7. The molecule has 0 bridgehead atoms. The van der Waals surface area contributed by atoms with Crippen molar-refractivity contribution >= 4 is 32.6 Å². The number of rotatable bonds is 5. The molecular weight excluding hydrogens is 304 g/mol. The zero-order valence-electron chi connectivity index (χ0n) is 12.0. The van der Waals surface area contributed by atoms with Gasteiger partial charge in [0, 0.05) is 19.9 Å². The Kier molecular flexibility index (Phi) is 4.77. The zero-order chi connectivity index (χ0) is 16.2. The molecule has 0 radical (unpaired) electrons. The number of nitrogens with one attached hydrogen (secondary N) is 2. The lowest BCUT2D eigenvalue weighted by Gasteiger charge is -2.08. The van der Waals surface area contributed by atoms with Crippen molar-refractivity contribution in [3.8, 4) is 0 Å². The van der Waals surface area contributed by atoms with E-state index in [-0.39, 0.29) is 23.6 Å². The maximum absolute atomic E-state index is 12.2. The Morgan fingerprint density at radius 2 is 1.59 bits per heavy atom. The first-order valence-corrected chi connectivity index (χ1v) is 8.16. The van der Waals surface area contributed by atoms with Gasteiger partial charge in [-0.15, -0.1) is 0 Å². The molecule has 0 aromatic heterocycles. The second-order valence-electron chi connectivity index (χ2n) is 4.71. The highest BCUT2D eigenvalue weighted by Gasteiger charge is 2.18. The Morgan fingerprint density at radius 3 is 2.27 bits per heavy atom. The van der Waals surface area contributed by atoms with Crippen molar-refractivity contribution in [2.24, 2.45) is 0 Å². The number of benzene rings is 2. The monoisotopic (exact) mass is 320 g/mol. The van der Waals surface area contributed by atoms with Gasteiger partial charge in [0.05, 0.1) is 4.90 Å². The molecule has 0 saturated heterocycles. The van der Waals surface area contributed by atoms with Gasteiger partial charge >= 0.3 is 0 Å². The summed E-state index contributed by atoms with van der Waals surface area (Å²) in [6.45, 7) is 0. The van der Waals surface area contributed by atoms with Gasteiger partial charge in [0.2, 0.25) is 11.8 Å². The normalized spacial score (nSPS) is 11.1. The Bertz CT molecular complexity index is 815. The van der Waals surface area contributed by atoms with Gasteiger partial charge in [-0.2, -0.15) is 0 Å². The van der Waals surface area contributed by atoms with Crippen LogP contribution in [0.3, 0.4) is 0 Å². The first kappa shape index (κ1) is 16.0. The lowest BCUT2D eigenvalue weighted by Crippen LogP contribution is -2.31. The summed E-state index contributed by atoms with van der Waals surface area (Å²) in [5.74, 6) is -1.03. The molecule has 0 atom stereocenters. The smallest absolute Gasteiger partial charge is 0.264 e. The van der Waals surface area contributed by atoms with Crippen molar-refractivity contribution in [3.63, 3.8) is 0 Å². The fraction of sp³-hybridized carbons (Fsp3) is 0.200. The van der Waals surface area contributed by atoms with Gasteiger partial charge in [-0.3, -0.25) is 9.59 Å². The third kappa shape index (κ3) is 3.82. The summed E-state index contributed by atoms with van der Waals surface area (Å²) < 4.78 is 26.3. The Morgan fingerprint density at radius 1 is 0.955 bits per heavy atom. The minimum Gasteiger partial charge on any atom is -0.359 e. The van der Waals surface area contributed by atoms with Crippen molar-refractivity contribution in [2.75, 3.05) is 7.05 Å². The maximum Gasteiger partial charge on any atom is 0.264 e. The molecule has 2 aromatic carbocycles. The highest BCUT2D eigenvalue weighted by Crippen LogP contribution is 2.18. The Labute approximate surface area is 128 Å². The minimum atomic E-state index is -3.94. The van der Waals surface area contributed by atoms with Crippen LogP contribution in [0.25, 0.3) is 10.8 Å². The molecule has 6 nitrogen and oxygen atoms in total. The molecule has 0 saturated carbocycles. The number of fused-ring (bicyclic) bond motifs is 1. The van der Waals surface area contributed by atoms with Crippen LogP contribution in [0.1, 0.15) is 12.8 Å². The second-order valence-corrected chi connectivity index (χ2v) is 6.39. The highest BCUT2D eigenvalue weighted by atomic mass is 32.2. The molecular formula is C15H16N2O4S. The topological polar surface area (TPSA) is 92.3 Å². The van der Waals surface area contributed by atoms with E-state index >= 15 is 0 Å². The summed E-state index contributed by atoms with van der Waals surface area (Å²) in [6.07, 6.45) is -0.248. The number of hydrogen-bond donors (Lipinski definition) is 2. The van der Waals surface area contributed by atoms with Crippen molar-refractivity contribution in [1.82, 2.24) is 10.0 Å². The number of carbonyl (C=O) groups excluding carboxylic acids is 2. The van der Waals surface area contributed by atoms with Crippen LogP contribution in [0.2, 0.25) is 0 Å². The zero-order valence-corrected chi connectivity index (χ0v) is 12.8. The molecule has 0 aliphatic carbocycles. The van der Waals surface area contributed by atoms with Crippen LogP contribution in [0.4, 0.5) is 0 Å². The van der Waals surface area contributed by atoms with E-state index in [1.54, 1.807) is 18.2 Å². The maximum atomic E-state index is 12.2. The molecule has 0 spiro atoms. The van der Waals surface area contributed by atoms with Gasteiger partial charge in [0.1, 0.15) is 0 Å². The fourth-order valence-electron chi connectivity index (χ4n) is 1.95. The van der Waals surface area contributed by atoms with E-state index in [2.05, 4.69) is 5.32 Å². The van der Waals surface area contributed by atoms with E-state index in [0.29, 0.717) is 0 Å². The molecule has 7 heteroatoms. The molecule has 0 aliphatic rings. The second kappa shape index (κ2) is 6.57. The predicted molar refractivity (Wildman–Crippen MR) is 82.6 cm³/mol. The van der Waals surface area contributed by atoms with Crippen LogP contribution >= 0.6 is 0 Å². The Hall–Kier alpha value is -2.41. The van der Waals surface area contributed by atoms with Crippen LogP contribution in [-0.4, -0.2) is 27.3 Å². The fourth-order valence-corrected chi connectivity index (χ4v) is 3.00. The lowest BCUT2D eigenvalue weighted by atomic mass is 10.1. The van der Waals surface area contributed by atoms with E-state index < -0.39 is 15.9 Å². The van der Waals surface area contributed by atoms with Gasteiger partial charge in [-0.25, -0.2) is 13.1 Å². The van der Waals surface area contributed by atoms with Crippen molar-refractivity contribution in [2.45, 2.75) is 17.7 Å². The third-order valence-electron chi connectivity index (χ3n) is 3.14. The number of sulfonamides is 1. The van der Waals surface area contributed by atoms with E-state index in [1.807, 2.05) is 16.9 Å². The molecule has 0 unspecified atom stereocenters. The first-order valence-electron chi connectivity index (χ1n) is 6.67. The van der Waals surface area contributed by atoms with Gasteiger partial charge in [0.15, 0.2) is 0 Å². The van der Waals surface area contributed by atoms with Gasteiger partial charge in [-0.1, -0.05) is 30.3 Å². The van der Waals surface area contributed by atoms with Crippen molar-refractivity contribution < 1.29 is 18.0 Å². The van der Waals surface area contributed by atoms with Crippen molar-refractivity contribution in [3.05, 3.63) is 42.5 Å². The summed E-state index contributed by atoms with van der Waals surface area (Å²) in [5.41, 5.74) is 0. The Balaban J connectivity index is 2.14. The van der Waals surface area contributed by atoms with Gasteiger partial charge < -0.3 is 5.32 Å². The van der Waals surface area contributed by atoms with Crippen LogP contribution in [-0.2, 0) is 19.6 Å². The number of carbonyl (C=O) groups is 2. The molecule has 0 fully saturated rings. The minimum absolute atomic E-state index is 0.0134. The molecule has 0 aliphatic heterocycles. The predicted octanol–water partition coefficient (Wildman–Crippen LogP) is 1.17. The van der Waals surface area contributed by atoms with Crippen LogP contribution in [0.5, 0.6) is 0 Å². The largest absolute Gasteiger partial charge is 0.359 e. The SMILES string of the molecule is CNC(=O)CCC(=O)NS(=O)(=O)c1ccc2ccccc2c1. The molecule has 22 heavy (non-hydrogen) atoms. The summed E-state index contributed by atoms with van der Waals surface area (Å²) >= 11 is 0. The van der Waals surface area contributed by atoms with Crippen LogP contribution in [0.15, 0.2) is 47.4 Å². The standard InChI is InChI=1S/C15H16N2O4S/c1-16-14(18)8-9-15(19)17-22(20,21)13-7-6-11-4-2-3-5-12(11)10-13/h2-7,10H,8-9H2,1H3,(H,16,18)(H,17,19). The van der Waals surface area contributed by atoms with Gasteiger partial charge in [-0.05, 0) is 22.9 Å². The molecule has 2 N–H and O–H groups in total. The molecule has 0 heterocycles. The van der Waals surface area contributed by atoms with Crippen molar-refractivity contribution in [1.29, 1.82) is 0 Å². The highest BCUT2D eigenvalue weighted by molar-refractivity contribution is 7.90. The van der Waals surface area contributed by atoms with Gasteiger partial charge in [0.25, 0.3) is 10.0 Å². The third-order valence-corrected chi connectivity index (χ3v) is 4.51. The van der Waals surface area contributed by atoms with Crippen LogP contribution in [0, 0.1) is 0 Å². The average molecular weight is 320 g/mol. The lowest BCUT2D eigenvalue weighted by molar-refractivity contribution is -0.125. The molecule has 2 aromatic rings. The van der Waals surface area contributed by atoms with E-state index in [9.17, 15) is 18.0 Å². The average Bonchev–Trinajstić information content (AvgIpc) is 2.51. The first-order chi connectivity index (χ1) is 10.4. The molecule has 2 amide bonds. The van der Waals surface area contributed by atoms with E-state index in [1.165, 1.54) is 19.2 Å². The van der Waals surface area contributed by atoms with E-state index in [0.717, 1.165) is 10.8 Å². The number of hydrogen-bond acceptors (Lipinski definition) is 4. The van der Waals surface area contributed by atoms with E-state index in [4.69, 9.17) is 0 Å². The summed E-state index contributed by atoms with van der Waals surface area (Å²) in [5, 5.41) is 4.04. The summed E-state index contributed by atoms with van der Waals surface area (Å²) in [6, 6.07) is 12.0. The molecule has 116 valence electrons. The quantitative estimate of drug-likeness (QED) is 0.865. The molecule has 2 rings (SSSR count). The number of amides is 2.